The van der Waals surface area contributed by atoms with Gasteiger partial charge in [0.1, 0.15) is 0 Å². The number of aryl methyl sites for hydroxylation is 1. The number of carbonyl (C=O) groups excluding carboxylic acids is 1. The van der Waals surface area contributed by atoms with Crippen LogP contribution in [0.5, 0.6) is 0 Å². The van der Waals surface area contributed by atoms with Crippen LogP contribution in [-0.2, 0) is 9.53 Å². The number of halogens is 1. The third-order valence-corrected chi connectivity index (χ3v) is 3.49. The van der Waals surface area contributed by atoms with E-state index in [0.717, 1.165) is 22.1 Å². The van der Waals surface area contributed by atoms with Crippen LogP contribution in [0.15, 0.2) is 22.7 Å². The molecular formula is C13H19BrN2O2. The number of benzene rings is 1. The molecule has 0 aliphatic carbocycles. The Hall–Kier alpha value is -0.910. The van der Waals surface area contributed by atoms with E-state index in [0.29, 0.717) is 13.0 Å². The lowest BCUT2D eigenvalue weighted by atomic mass is 10.1. The average Bonchev–Trinajstić information content (AvgIpc) is 2.34. The molecule has 5 heteroatoms. The third-order valence-electron chi connectivity index (χ3n) is 2.64. The fourth-order valence-corrected chi connectivity index (χ4v) is 1.86. The molecule has 1 aromatic rings. The average molecular weight is 315 g/mol. The number of ether oxygens (including phenoxy) is 1. The Morgan fingerprint density at radius 1 is 1.56 bits per heavy atom. The van der Waals surface area contributed by atoms with Crippen molar-refractivity contribution in [3.63, 3.8) is 0 Å². The van der Waals surface area contributed by atoms with E-state index >= 15 is 0 Å². The number of carbonyl (C=O) groups is 1. The zero-order chi connectivity index (χ0) is 13.5. The summed E-state index contributed by atoms with van der Waals surface area (Å²) in [6.45, 7) is 2.61. The molecule has 0 saturated carbocycles. The number of amides is 1. The summed E-state index contributed by atoms with van der Waals surface area (Å²) in [5.41, 5.74) is 7.67. The molecule has 4 nitrogen and oxygen atoms in total. The molecule has 18 heavy (non-hydrogen) atoms. The Morgan fingerprint density at radius 2 is 2.28 bits per heavy atom. The van der Waals surface area contributed by atoms with Gasteiger partial charge in [0, 0.05) is 23.9 Å². The molecule has 1 atom stereocenters. The van der Waals surface area contributed by atoms with Crippen LogP contribution in [0.3, 0.4) is 0 Å². The van der Waals surface area contributed by atoms with Crippen molar-refractivity contribution in [1.29, 1.82) is 0 Å². The second kappa shape index (κ2) is 7.51. The second-order valence-electron chi connectivity index (χ2n) is 4.19. The fourth-order valence-electron chi connectivity index (χ4n) is 1.48. The number of rotatable bonds is 6. The van der Waals surface area contributed by atoms with E-state index < -0.39 is 6.04 Å². The molecule has 3 N–H and O–H groups in total. The number of hydrogen-bond acceptors (Lipinski definition) is 3. The Kier molecular flexibility index (Phi) is 6.32. The summed E-state index contributed by atoms with van der Waals surface area (Å²) < 4.78 is 5.89. The lowest BCUT2D eigenvalue weighted by Gasteiger charge is -2.12. The van der Waals surface area contributed by atoms with Crippen LogP contribution >= 0.6 is 15.9 Å². The van der Waals surface area contributed by atoms with Crippen molar-refractivity contribution in [2.24, 2.45) is 5.73 Å². The van der Waals surface area contributed by atoms with Crippen molar-refractivity contribution >= 4 is 27.5 Å². The first-order valence-electron chi connectivity index (χ1n) is 5.86. The summed E-state index contributed by atoms with van der Waals surface area (Å²) in [5, 5.41) is 2.80. The first kappa shape index (κ1) is 15.1. The topological polar surface area (TPSA) is 64.3 Å². The van der Waals surface area contributed by atoms with Crippen LogP contribution in [-0.4, -0.2) is 25.7 Å². The summed E-state index contributed by atoms with van der Waals surface area (Å²) in [7, 11) is 1.63. The minimum absolute atomic E-state index is 0.165. The third kappa shape index (κ3) is 4.76. The molecule has 0 aliphatic heterocycles. The predicted molar refractivity (Wildman–Crippen MR) is 76.6 cm³/mol. The molecule has 1 rings (SSSR count). The van der Waals surface area contributed by atoms with Crippen molar-refractivity contribution in [3.8, 4) is 0 Å². The minimum atomic E-state index is -0.500. The molecule has 0 radical (unpaired) electrons. The first-order valence-corrected chi connectivity index (χ1v) is 6.65. The summed E-state index contributed by atoms with van der Waals surface area (Å²) in [4.78, 5) is 11.8. The van der Waals surface area contributed by atoms with Gasteiger partial charge in [0.2, 0.25) is 5.91 Å². The molecule has 100 valence electrons. The first-order chi connectivity index (χ1) is 8.54. The number of nitrogens with one attached hydrogen (secondary N) is 1. The molecule has 0 fully saturated rings. The zero-order valence-corrected chi connectivity index (χ0v) is 12.3. The summed E-state index contributed by atoms with van der Waals surface area (Å²) in [6.07, 6.45) is 1.40. The summed E-state index contributed by atoms with van der Waals surface area (Å²) in [5.74, 6) is -0.165. The van der Waals surface area contributed by atoms with Gasteiger partial charge in [-0.05, 0) is 37.5 Å². The highest BCUT2D eigenvalue weighted by Gasteiger charge is 2.13. The Labute approximate surface area is 116 Å². The molecule has 1 amide bonds. The Morgan fingerprint density at radius 3 is 2.89 bits per heavy atom. The van der Waals surface area contributed by atoms with Crippen molar-refractivity contribution < 1.29 is 9.53 Å². The van der Waals surface area contributed by atoms with Gasteiger partial charge < -0.3 is 15.8 Å². The molecule has 0 spiro atoms. The second-order valence-corrected chi connectivity index (χ2v) is 5.05. The Bertz CT molecular complexity index is 410. The number of hydrogen-bond donors (Lipinski definition) is 2. The van der Waals surface area contributed by atoms with E-state index in [1.54, 1.807) is 7.11 Å². The molecule has 0 aromatic heterocycles. The molecule has 0 bridgehead atoms. The summed E-state index contributed by atoms with van der Waals surface area (Å²) >= 11 is 3.43. The van der Waals surface area contributed by atoms with Gasteiger partial charge in [0.25, 0.3) is 0 Å². The van der Waals surface area contributed by atoms with Crippen LogP contribution in [0.1, 0.15) is 18.4 Å². The monoisotopic (exact) mass is 314 g/mol. The highest BCUT2D eigenvalue weighted by molar-refractivity contribution is 9.10. The molecule has 0 saturated heterocycles. The number of methoxy groups -OCH3 is 1. The van der Waals surface area contributed by atoms with Crippen LogP contribution in [0.2, 0.25) is 0 Å². The lowest BCUT2D eigenvalue weighted by molar-refractivity contribution is -0.117. The molecular weight excluding hydrogens is 296 g/mol. The van der Waals surface area contributed by atoms with Crippen molar-refractivity contribution in [2.75, 3.05) is 19.0 Å². The quantitative estimate of drug-likeness (QED) is 0.793. The highest BCUT2D eigenvalue weighted by atomic mass is 79.9. The largest absolute Gasteiger partial charge is 0.385 e. The number of nitrogens with two attached hydrogens (primary N) is 1. The van der Waals surface area contributed by atoms with Gasteiger partial charge in [-0.2, -0.15) is 0 Å². The van der Waals surface area contributed by atoms with E-state index in [4.69, 9.17) is 10.5 Å². The van der Waals surface area contributed by atoms with Crippen molar-refractivity contribution in [3.05, 3.63) is 28.2 Å². The van der Waals surface area contributed by atoms with E-state index in [-0.39, 0.29) is 5.91 Å². The maximum Gasteiger partial charge on any atom is 0.241 e. The van der Waals surface area contributed by atoms with E-state index in [1.165, 1.54) is 0 Å². The predicted octanol–water partition coefficient (Wildman–Crippen LogP) is 2.45. The standard InChI is InChI=1S/C13H19BrN2O2/c1-9-5-6-10(8-11(9)14)16-13(17)12(15)4-3-7-18-2/h5-6,8,12H,3-4,7,15H2,1-2H3,(H,16,17). The van der Waals surface area contributed by atoms with Gasteiger partial charge in [-0.15, -0.1) is 0 Å². The SMILES string of the molecule is COCCCC(N)C(=O)Nc1ccc(C)c(Br)c1. The minimum Gasteiger partial charge on any atom is -0.385 e. The van der Waals surface area contributed by atoms with Crippen LogP contribution in [0.25, 0.3) is 0 Å². The van der Waals surface area contributed by atoms with Crippen LogP contribution in [0.4, 0.5) is 5.69 Å². The molecule has 1 unspecified atom stereocenters. The lowest BCUT2D eigenvalue weighted by Crippen LogP contribution is -2.35. The Balaban J connectivity index is 2.50. The van der Waals surface area contributed by atoms with E-state index in [2.05, 4.69) is 21.2 Å². The van der Waals surface area contributed by atoms with Gasteiger partial charge in [-0.1, -0.05) is 22.0 Å². The van der Waals surface area contributed by atoms with Crippen LogP contribution < -0.4 is 11.1 Å². The highest BCUT2D eigenvalue weighted by Crippen LogP contribution is 2.20. The van der Waals surface area contributed by atoms with Gasteiger partial charge in [0.15, 0.2) is 0 Å². The van der Waals surface area contributed by atoms with Gasteiger partial charge in [0.05, 0.1) is 6.04 Å². The fraction of sp³-hybridized carbons (Fsp3) is 0.462. The molecule has 1 aromatic carbocycles. The summed E-state index contributed by atoms with van der Waals surface area (Å²) in [6, 6.07) is 5.17. The van der Waals surface area contributed by atoms with E-state index in [1.807, 2.05) is 25.1 Å². The smallest absolute Gasteiger partial charge is 0.241 e. The number of anilines is 1. The van der Waals surface area contributed by atoms with E-state index in [9.17, 15) is 4.79 Å². The van der Waals surface area contributed by atoms with Crippen molar-refractivity contribution in [2.45, 2.75) is 25.8 Å². The molecule has 0 aliphatic rings. The maximum atomic E-state index is 11.8. The normalized spacial score (nSPS) is 12.2. The van der Waals surface area contributed by atoms with Crippen molar-refractivity contribution in [1.82, 2.24) is 0 Å². The van der Waals surface area contributed by atoms with Gasteiger partial charge in [-0.25, -0.2) is 0 Å². The van der Waals surface area contributed by atoms with Gasteiger partial charge in [-0.3, -0.25) is 4.79 Å². The molecule has 0 heterocycles. The maximum absolute atomic E-state index is 11.8. The van der Waals surface area contributed by atoms with Gasteiger partial charge >= 0.3 is 0 Å². The van der Waals surface area contributed by atoms with Crippen LogP contribution in [0, 0.1) is 6.92 Å². The zero-order valence-electron chi connectivity index (χ0n) is 10.7.